The van der Waals surface area contributed by atoms with Gasteiger partial charge in [-0.1, -0.05) is 12.1 Å². The van der Waals surface area contributed by atoms with Crippen LogP contribution >= 0.6 is 0 Å². The Balaban J connectivity index is 2.36. The SMILES string of the molecule is COCCN(Cc1ccc(OC)c(OS(=O)(=O)c2cccc(C(F)(F)F)c2)c1)C(=O)NC(C)(C)C. The van der Waals surface area contributed by atoms with Crippen molar-refractivity contribution in [2.45, 2.75) is 43.9 Å². The molecule has 0 unspecified atom stereocenters. The van der Waals surface area contributed by atoms with Gasteiger partial charge in [-0.25, -0.2) is 4.79 Å². The molecule has 35 heavy (non-hydrogen) atoms. The number of rotatable bonds is 9. The minimum Gasteiger partial charge on any atom is -0.493 e. The van der Waals surface area contributed by atoms with Crippen molar-refractivity contribution in [1.29, 1.82) is 0 Å². The summed E-state index contributed by atoms with van der Waals surface area (Å²) >= 11 is 0. The van der Waals surface area contributed by atoms with Crippen molar-refractivity contribution in [1.82, 2.24) is 10.2 Å². The van der Waals surface area contributed by atoms with Crippen molar-refractivity contribution in [3.63, 3.8) is 0 Å². The fraction of sp³-hybridized carbons (Fsp3) is 0.435. The molecule has 0 aliphatic heterocycles. The van der Waals surface area contributed by atoms with Gasteiger partial charge in [0.25, 0.3) is 0 Å². The van der Waals surface area contributed by atoms with Crippen LogP contribution in [0.15, 0.2) is 47.4 Å². The molecular formula is C23H29F3N2O6S. The van der Waals surface area contributed by atoms with Gasteiger partial charge in [-0.05, 0) is 56.7 Å². The van der Waals surface area contributed by atoms with E-state index in [0.717, 1.165) is 18.2 Å². The van der Waals surface area contributed by atoms with Crippen molar-refractivity contribution in [2.24, 2.45) is 0 Å². The van der Waals surface area contributed by atoms with Crippen LogP contribution in [0.5, 0.6) is 11.5 Å². The van der Waals surface area contributed by atoms with E-state index in [2.05, 4.69) is 5.32 Å². The maximum Gasteiger partial charge on any atom is 0.416 e. The maximum atomic E-state index is 13.0. The van der Waals surface area contributed by atoms with Crippen LogP contribution in [0, 0.1) is 0 Å². The van der Waals surface area contributed by atoms with Gasteiger partial charge in [0, 0.05) is 25.7 Å². The molecule has 0 bridgehead atoms. The Hall–Kier alpha value is -2.99. The molecule has 0 spiro atoms. The Kier molecular flexibility index (Phi) is 9.01. The number of amides is 2. The number of alkyl halides is 3. The van der Waals surface area contributed by atoms with Gasteiger partial charge in [-0.3, -0.25) is 0 Å². The standard InChI is InChI=1S/C23H29F3N2O6S/c1-22(2,3)27-21(29)28(11-12-32-4)15-16-9-10-19(33-5)20(13-16)34-35(30,31)18-8-6-7-17(14-18)23(24,25)26/h6-10,13-14H,11-12,15H2,1-5H3,(H,27,29). The van der Waals surface area contributed by atoms with Crippen LogP contribution in [0.3, 0.4) is 0 Å². The second-order valence-electron chi connectivity index (χ2n) is 8.64. The number of hydrogen-bond donors (Lipinski definition) is 1. The van der Waals surface area contributed by atoms with E-state index in [1.165, 1.54) is 31.3 Å². The number of carbonyl (C=O) groups excluding carboxylic acids is 1. The monoisotopic (exact) mass is 518 g/mol. The van der Waals surface area contributed by atoms with Crippen LogP contribution in [0.1, 0.15) is 31.9 Å². The largest absolute Gasteiger partial charge is 0.493 e. The van der Waals surface area contributed by atoms with Gasteiger partial charge in [-0.15, -0.1) is 0 Å². The maximum absolute atomic E-state index is 13.0. The lowest BCUT2D eigenvalue weighted by molar-refractivity contribution is -0.137. The van der Waals surface area contributed by atoms with E-state index in [0.29, 0.717) is 11.6 Å². The van der Waals surface area contributed by atoms with Gasteiger partial charge in [0.05, 0.1) is 19.3 Å². The number of halogens is 3. The molecule has 194 valence electrons. The number of methoxy groups -OCH3 is 2. The van der Waals surface area contributed by atoms with E-state index in [-0.39, 0.29) is 37.2 Å². The first-order valence-corrected chi connectivity index (χ1v) is 11.9. The number of benzene rings is 2. The van der Waals surface area contributed by atoms with Crippen LogP contribution in [-0.2, 0) is 27.6 Å². The topological polar surface area (TPSA) is 94.2 Å². The van der Waals surface area contributed by atoms with Gasteiger partial charge in [-0.2, -0.15) is 21.6 Å². The summed E-state index contributed by atoms with van der Waals surface area (Å²) in [7, 11) is -1.83. The normalized spacial score (nSPS) is 12.2. The molecule has 0 saturated heterocycles. The molecule has 0 saturated carbocycles. The number of carbonyl (C=O) groups is 1. The number of urea groups is 1. The van der Waals surface area contributed by atoms with Crippen molar-refractivity contribution >= 4 is 16.1 Å². The molecule has 2 aromatic carbocycles. The zero-order valence-electron chi connectivity index (χ0n) is 20.1. The van der Waals surface area contributed by atoms with Crippen molar-refractivity contribution in [2.75, 3.05) is 27.4 Å². The van der Waals surface area contributed by atoms with Crippen LogP contribution in [0.25, 0.3) is 0 Å². The van der Waals surface area contributed by atoms with E-state index in [1.54, 1.807) is 6.07 Å². The summed E-state index contributed by atoms with van der Waals surface area (Å²) in [6.45, 7) is 6.09. The molecule has 0 aliphatic carbocycles. The molecule has 12 heteroatoms. The van der Waals surface area contributed by atoms with Crippen molar-refractivity contribution in [3.05, 3.63) is 53.6 Å². The lowest BCUT2D eigenvalue weighted by Crippen LogP contribution is -2.49. The number of hydrogen-bond acceptors (Lipinski definition) is 6. The molecule has 0 fully saturated rings. The summed E-state index contributed by atoms with van der Waals surface area (Å²) in [5.74, 6) is -0.183. The third-order valence-electron chi connectivity index (χ3n) is 4.59. The Morgan fingerprint density at radius 3 is 2.29 bits per heavy atom. The van der Waals surface area contributed by atoms with Crippen molar-refractivity contribution < 1.29 is 40.0 Å². The molecule has 0 aliphatic rings. The summed E-state index contributed by atoms with van der Waals surface area (Å²) in [6.07, 6.45) is -4.72. The Morgan fingerprint density at radius 1 is 1.03 bits per heavy atom. The summed E-state index contributed by atoms with van der Waals surface area (Å²) in [6, 6.07) is 7.30. The lowest BCUT2D eigenvalue weighted by atomic mass is 10.1. The lowest BCUT2D eigenvalue weighted by Gasteiger charge is -2.28. The first kappa shape index (κ1) is 28.2. The fourth-order valence-corrected chi connectivity index (χ4v) is 3.93. The smallest absolute Gasteiger partial charge is 0.416 e. The molecule has 1 N–H and O–H groups in total. The highest BCUT2D eigenvalue weighted by atomic mass is 32.2. The summed E-state index contributed by atoms with van der Waals surface area (Å²) in [5, 5.41) is 2.85. The molecule has 8 nitrogen and oxygen atoms in total. The van der Waals surface area contributed by atoms with Crippen LogP contribution in [0.2, 0.25) is 0 Å². The number of nitrogens with one attached hydrogen (secondary N) is 1. The molecule has 0 aromatic heterocycles. The van der Waals surface area contributed by atoms with Gasteiger partial charge < -0.3 is 23.9 Å². The Morgan fingerprint density at radius 2 is 1.71 bits per heavy atom. The van der Waals surface area contributed by atoms with E-state index in [1.807, 2.05) is 20.8 Å². The van der Waals surface area contributed by atoms with Crippen LogP contribution in [0.4, 0.5) is 18.0 Å². The molecule has 0 radical (unpaired) electrons. The molecule has 0 heterocycles. The van der Waals surface area contributed by atoms with Crippen LogP contribution in [-0.4, -0.2) is 52.3 Å². The van der Waals surface area contributed by atoms with Gasteiger partial charge in [0.1, 0.15) is 4.90 Å². The first-order chi connectivity index (χ1) is 16.2. The zero-order valence-corrected chi connectivity index (χ0v) is 20.9. The van der Waals surface area contributed by atoms with E-state index in [9.17, 15) is 26.4 Å². The highest BCUT2D eigenvalue weighted by molar-refractivity contribution is 7.87. The third kappa shape index (κ3) is 8.32. The van der Waals surface area contributed by atoms with E-state index in [4.69, 9.17) is 13.7 Å². The number of nitrogens with zero attached hydrogens (tertiary/aromatic N) is 1. The van der Waals surface area contributed by atoms with Gasteiger partial charge in [0.15, 0.2) is 11.5 Å². The molecule has 2 amide bonds. The predicted octanol–water partition coefficient (Wildman–Crippen LogP) is 4.44. The van der Waals surface area contributed by atoms with E-state index < -0.39 is 32.3 Å². The van der Waals surface area contributed by atoms with Gasteiger partial charge >= 0.3 is 22.3 Å². The van der Waals surface area contributed by atoms with Crippen LogP contribution < -0.4 is 14.2 Å². The minimum atomic E-state index is -4.72. The highest BCUT2D eigenvalue weighted by Gasteiger charge is 2.32. The average Bonchev–Trinajstić information content (AvgIpc) is 2.75. The second kappa shape index (κ2) is 11.2. The second-order valence-corrected chi connectivity index (χ2v) is 10.2. The average molecular weight is 519 g/mol. The highest BCUT2D eigenvalue weighted by Crippen LogP contribution is 2.34. The summed E-state index contributed by atoms with van der Waals surface area (Å²) < 4.78 is 80.0. The Bertz CT molecular complexity index is 1130. The van der Waals surface area contributed by atoms with Crippen molar-refractivity contribution in [3.8, 4) is 11.5 Å². The van der Waals surface area contributed by atoms with E-state index >= 15 is 0 Å². The third-order valence-corrected chi connectivity index (χ3v) is 5.82. The zero-order chi connectivity index (χ0) is 26.4. The molecular weight excluding hydrogens is 489 g/mol. The fourth-order valence-electron chi connectivity index (χ4n) is 2.95. The van der Waals surface area contributed by atoms with Gasteiger partial charge in [0.2, 0.25) is 0 Å². The summed E-state index contributed by atoms with van der Waals surface area (Å²) in [4.78, 5) is 13.5. The quantitative estimate of drug-likeness (QED) is 0.494. The predicted molar refractivity (Wildman–Crippen MR) is 123 cm³/mol. The Labute approximate surface area is 203 Å². The first-order valence-electron chi connectivity index (χ1n) is 10.5. The minimum absolute atomic E-state index is 0.0480. The number of ether oxygens (including phenoxy) is 2. The summed E-state index contributed by atoms with van der Waals surface area (Å²) in [5.41, 5.74) is -1.11. The molecule has 2 aromatic rings. The molecule has 0 atom stereocenters. The molecule has 2 rings (SSSR count).